The van der Waals surface area contributed by atoms with Crippen molar-refractivity contribution in [3.05, 3.63) is 34.9 Å². The van der Waals surface area contributed by atoms with Gasteiger partial charge >= 0.3 is 0 Å². The van der Waals surface area contributed by atoms with Gasteiger partial charge in [-0.1, -0.05) is 0 Å². The van der Waals surface area contributed by atoms with Crippen LogP contribution in [0.15, 0.2) is 12.1 Å². The van der Waals surface area contributed by atoms with Crippen LogP contribution >= 0.6 is 0 Å². The molecule has 1 aromatic rings. The summed E-state index contributed by atoms with van der Waals surface area (Å²) in [5.41, 5.74) is 0.558. The molecule has 0 aromatic heterocycles. The summed E-state index contributed by atoms with van der Waals surface area (Å²) in [6, 6.07) is 4.40. The van der Waals surface area contributed by atoms with E-state index < -0.39 is 11.6 Å². The molecule has 0 saturated carbocycles. The Bertz CT molecular complexity index is 329. The first-order valence-electron chi connectivity index (χ1n) is 3.96. The van der Waals surface area contributed by atoms with E-state index in [9.17, 15) is 8.78 Å². The molecule has 0 radical (unpaired) electrons. The quantitative estimate of drug-likeness (QED) is 0.688. The van der Waals surface area contributed by atoms with E-state index in [0.29, 0.717) is 5.56 Å². The first kappa shape index (κ1) is 9.66. The molecule has 0 heterocycles. The number of hydrogen-bond acceptors (Lipinski definition) is 1. The van der Waals surface area contributed by atoms with Crippen molar-refractivity contribution < 1.29 is 8.78 Å². The molecule has 0 saturated heterocycles. The largest absolute Gasteiger partial charge is 0.207 e. The fraction of sp³-hybridized carbons (Fsp3) is 0.300. The van der Waals surface area contributed by atoms with Gasteiger partial charge in [-0.3, -0.25) is 0 Å². The average Bonchev–Trinajstić information content (AvgIpc) is 2.02. The highest BCUT2D eigenvalue weighted by molar-refractivity contribution is 5.25. The van der Waals surface area contributed by atoms with Crippen molar-refractivity contribution in [2.45, 2.75) is 19.8 Å². The van der Waals surface area contributed by atoms with Crippen LogP contribution in [-0.4, -0.2) is 0 Å². The van der Waals surface area contributed by atoms with Crippen LogP contribution in [0.4, 0.5) is 8.78 Å². The molecular weight excluding hydrogens is 172 g/mol. The lowest BCUT2D eigenvalue weighted by Crippen LogP contribution is -1.96. The van der Waals surface area contributed by atoms with E-state index in [-0.39, 0.29) is 18.4 Å². The monoisotopic (exact) mass is 181 g/mol. The molecule has 1 rings (SSSR count). The van der Waals surface area contributed by atoms with E-state index in [2.05, 4.69) is 0 Å². The smallest absolute Gasteiger partial charge is 0.129 e. The van der Waals surface area contributed by atoms with Crippen LogP contribution in [0.25, 0.3) is 0 Å². The Labute approximate surface area is 75.6 Å². The maximum atomic E-state index is 13.1. The van der Waals surface area contributed by atoms with E-state index in [4.69, 9.17) is 5.26 Å². The molecule has 0 atom stereocenters. The Kier molecular flexibility index (Phi) is 2.97. The van der Waals surface area contributed by atoms with E-state index in [1.54, 1.807) is 6.92 Å². The summed E-state index contributed by atoms with van der Waals surface area (Å²) >= 11 is 0. The van der Waals surface area contributed by atoms with Gasteiger partial charge in [-0.15, -0.1) is 0 Å². The predicted octanol–water partition coefficient (Wildman–Crippen LogP) is 2.73. The standard InChI is InChI=1S/C10H9F2N/c1-7-5-9(11)8(3-2-4-13)10(12)6-7/h5-6H,2-3H2,1H3. The molecule has 0 fully saturated rings. The molecule has 0 amide bonds. The van der Waals surface area contributed by atoms with E-state index >= 15 is 0 Å². The lowest BCUT2D eigenvalue weighted by Gasteiger charge is -2.03. The Balaban J connectivity index is 3.00. The third-order valence-corrected chi connectivity index (χ3v) is 1.77. The Hall–Kier alpha value is -1.43. The normalized spacial score (nSPS) is 9.69. The number of aryl methyl sites for hydroxylation is 1. The van der Waals surface area contributed by atoms with Crippen molar-refractivity contribution in [1.82, 2.24) is 0 Å². The number of nitrogens with zero attached hydrogens (tertiary/aromatic N) is 1. The van der Waals surface area contributed by atoms with Crippen LogP contribution in [0.5, 0.6) is 0 Å². The molecular formula is C10H9F2N. The summed E-state index contributed by atoms with van der Waals surface area (Å²) in [7, 11) is 0. The fourth-order valence-electron chi connectivity index (χ4n) is 1.15. The van der Waals surface area contributed by atoms with Gasteiger partial charge in [0.25, 0.3) is 0 Å². The minimum Gasteiger partial charge on any atom is -0.207 e. The zero-order valence-corrected chi connectivity index (χ0v) is 7.27. The van der Waals surface area contributed by atoms with E-state index in [1.807, 2.05) is 6.07 Å². The second kappa shape index (κ2) is 3.99. The fourth-order valence-corrected chi connectivity index (χ4v) is 1.15. The molecule has 0 unspecified atom stereocenters. The molecule has 0 aliphatic heterocycles. The molecule has 13 heavy (non-hydrogen) atoms. The van der Waals surface area contributed by atoms with Gasteiger partial charge in [-0.25, -0.2) is 8.78 Å². The maximum absolute atomic E-state index is 13.1. The zero-order chi connectivity index (χ0) is 9.84. The summed E-state index contributed by atoms with van der Waals surface area (Å²) < 4.78 is 26.2. The lowest BCUT2D eigenvalue weighted by atomic mass is 10.1. The van der Waals surface area contributed by atoms with E-state index in [0.717, 1.165) is 0 Å². The number of benzene rings is 1. The van der Waals surface area contributed by atoms with Gasteiger partial charge < -0.3 is 0 Å². The van der Waals surface area contributed by atoms with Gasteiger partial charge in [0.05, 0.1) is 6.07 Å². The molecule has 0 N–H and O–H groups in total. The summed E-state index contributed by atoms with van der Waals surface area (Å²) in [4.78, 5) is 0. The Morgan fingerprint density at radius 2 is 1.85 bits per heavy atom. The molecule has 0 aliphatic carbocycles. The van der Waals surface area contributed by atoms with Crippen molar-refractivity contribution in [3.63, 3.8) is 0 Å². The summed E-state index contributed by atoms with van der Waals surface area (Å²) in [6.45, 7) is 1.63. The van der Waals surface area contributed by atoms with Gasteiger partial charge in [0.1, 0.15) is 11.6 Å². The highest BCUT2D eigenvalue weighted by atomic mass is 19.1. The minimum absolute atomic E-state index is 0.00662. The molecule has 3 heteroatoms. The van der Waals surface area contributed by atoms with Crippen LogP contribution in [0.2, 0.25) is 0 Å². The van der Waals surface area contributed by atoms with Gasteiger partial charge in [-0.05, 0) is 31.0 Å². The van der Waals surface area contributed by atoms with Crippen molar-refractivity contribution in [2.24, 2.45) is 0 Å². The first-order chi connectivity index (χ1) is 6.15. The highest BCUT2D eigenvalue weighted by Gasteiger charge is 2.08. The predicted molar refractivity (Wildman–Crippen MR) is 45.0 cm³/mol. The van der Waals surface area contributed by atoms with Gasteiger partial charge in [-0.2, -0.15) is 5.26 Å². The first-order valence-corrected chi connectivity index (χ1v) is 3.96. The third kappa shape index (κ3) is 2.25. The van der Waals surface area contributed by atoms with Crippen molar-refractivity contribution in [3.8, 4) is 6.07 Å². The molecule has 68 valence electrons. The second-order valence-electron chi connectivity index (χ2n) is 2.87. The van der Waals surface area contributed by atoms with E-state index in [1.165, 1.54) is 12.1 Å². The molecule has 0 aliphatic rings. The average molecular weight is 181 g/mol. The number of rotatable bonds is 2. The van der Waals surface area contributed by atoms with Gasteiger partial charge in [0, 0.05) is 12.0 Å². The van der Waals surface area contributed by atoms with Crippen LogP contribution in [0.3, 0.4) is 0 Å². The number of halogens is 2. The molecule has 0 spiro atoms. The highest BCUT2D eigenvalue weighted by Crippen LogP contribution is 2.16. The van der Waals surface area contributed by atoms with Gasteiger partial charge in [0.2, 0.25) is 0 Å². The van der Waals surface area contributed by atoms with Gasteiger partial charge in [0.15, 0.2) is 0 Å². The van der Waals surface area contributed by atoms with Crippen molar-refractivity contribution in [2.75, 3.05) is 0 Å². The minimum atomic E-state index is -0.562. The summed E-state index contributed by atoms with van der Waals surface area (Å²) in [6.07, 6.45) is 0.269. The van der Waals surface area contributed by atoms with Crippen molar-refractivity contribution in [1.29, 1.82) is 5.26 Å². The van der Waals surface area contributed by atoms with Crippen LogP contribution in [0, 0.1) is 29.9 Å². The summed E-state index contributed by atoms with van der Waals surface area (Å²) in [5.74, 6) is -1.12. The molecule has 1 aromatic carbocycles. The zero-order valence-electron chi connectivity index (χ0n) is 7.27. The van der Waals surface area contributed by atoms with Crippen molar-refractivity contribution >= 4 is 0 Å². The Morgan fingerprint density at radius 1 is 1.31 bits per heavy atom. The topological polar surface area (TPSA) is 23.8 Å². The SMILES string of the molecule is Cc1cc(F)c(CCC#N)c(F)c1. The number of nitriles is 1. The lowest BCUT2D eigenvalue weighted by molar-refractivity contribution is 0.554. The molecule has 0 bridgehead atoms. The molecule has 1 nitrogen and oxygen atoms in total. The van der Waals surface area contributed by atoms with Crippen LogP contribution < -0.4 is 0 Å². The second-order valence-corrected chi connectivity index (χ2v) is 2.87. The number of hydrogen-bond donors (Lipinski definition) is 0. The Morgan fingerprint density at radius 3 is 2.31 bits per heavy atom. The van der Waals surface area contributed by atoms with Crippen LogP contribution in [0.1, 0.15) is 17.5 Å². The third-order valence-electron chi connectivity index (χ3n) is 1.77. The summed E-state index contributed by atoms with van der Waals surface area (Å²) in [5, 5.41) is 8.27. The van der Waals surface area contributed by atoms with Crippen LogP contribution in [-0.2, 0) is 6.42 Å². The maximum Gasteiger partial charge on any atom is 0.129 e.